The molecule has 0 aliphatic heterocycles. The molecule has 0 atom stereocenters. The van der Waals surface area contributed by atoms with Crippen LogP contribution in [-0.2, 0) is 7.05 Å². The first-order chi connectivity index (χ1) is 6.68. The third kappa shape index (κ3) is 1.53. The minimum atomic E-state index is 0.739. The zero-order valence-electron chi connectivity index (χ0n) is 7.74. The second kappa shape index (κ2) is 3.46. The molecule has 4 heteroatoms. The molecule has 1 heterocycles. The molecule has 1 aromatic carbocycles. The Labute approximate surface area is 90.7 Å². The molecule has 3 nitrogen and oxygen atoms in total. The highest BCUT2D eigenvalue weighted by Crippen LogP contribution is 2.25. The quantitative estimate of drug-likeness (QED) is 0.792. The van der Waals surface area contributed by atoms with E-state index in [1.807, 2.05) is 36.0 Å². The van der Waals surface area contributed by atoms with E-state index in [-0.39, 0.29) is 0 Å². The summed E-state index contributed by atoms with van der Waals surface area (Å²) in [6, 6.07) is 5.80. The molecule has 14 heavy (non-hydrogen) atoms. The van der Waals surface area contributed by atoms with E-state index in [0.29, 0.717) is 0 Å². The van der Waals surface area contributed by atoms with E-state index in [1.165, 1.54) is 0 Å². The Hall–Kier alpha value is -1.29. The maximum atomic E-state index is 5.71. The standard InChI is InChI=1S/C10H10BrN3/c1-14-5-4-13-10(14)7-2-3-9(12)8(11)6-7/h2-6H,12H2,1H3. The number of benzene rings is 1. The molecule has 2 rings (SSSR count). The first kappa shape index (κ1) is 9.27. The van der Waals surface area contributed by atoms with Gasteiger partial charge < -0.3 is 10.3 Å². The molecule has 2 N–H and O–H groups in total. The molecule has 0 radical (unpaired) electrons. The summed E-state index contributed by atoms with van der Waals surface area (Å²) < 4.78 is 2.87. The monoisotopic (exact) mass is 251 g/mol. The lowest BCUT2D eigenvalue weighted by atomic mass is 10.2. The van der Waals surface area contributed by atoms with Crippen molar-refractivity contribution in [1.29, 1.82) is 0 Å². The van der Waals surface area contributed by atoms with E-state index < -0.39 is 0 Å². The number of hydrogen-bond donors (Lipinski definition) is 1. The van der Waals surface area contributed by atoms with Gasteiger partial charge in [-0.15, -0.1) is 0 Å². The third-order valence-electron chi connectivity index (χ3n) is 2.08. The lowest BCUT2D eigenvalue weighted by Gasteiger charge is -2.03. The first-order valence-electron chi connectivity index (χ1n) is 4.21. The van der Waals surface area contributed by atoms with Crippen molar-refractivity contribution in [2.75, 3.05) is 5.73 Å². The van der Waals surface area contributed by atoms with Gasteiger partial charge in [0, 0.05) is 35.2 Å². The molecule has 0 aliphatic carbocycles. The van der Waals surface area contributed by atoms with Gasteiger partial charge in [-0.25, -0.2) is 4.98 Å². The molecule has 0 spiro atoms. The number of halogens is 1. The summed E-state index contributed by atoms with van der Waals surface area (Å²) in [7, 11) is 1.96. The molecule has 0 amide bonds. The number of nitrogens with zero attached hydrogens (tertiary/aromatic N) is 2. The van der Waals surface area contributed by atoms with E-state index >= 15 is 0 Å². The Morgan fingerprint density at radius 3 is 2.79 bits per heavy atom. The second-order valence-electron chi connectivity index (χ2n) is 3.10. The maximum absolute atomic E-state index is 5.71. The van der Waals surface area contributed by atoms with Crippen molar-refractivity contribution < 1.29 is 0 Å². The number of imidazole rings is 1. The highest BCUT2D eigenvalue weighted by atomic mass is 79.9. The summed E-state index contributed by atoms with van der Waals surface area (Å²) in [6.45, 7) is 0. The number of rotatable bonds is 1. The molecule has 0 fully saturated rings. The van der Waals surface area contributed by atoms with Gasteiger partial charge in [-0.2, -0.15) is 0 Å². The van der Waals surface area contributed by atoms with Gasteiger partial charge in [0.1, 0.15) is 5.82 Å². The minimum absolute atomic E-state index is 0.739. The van der Waals surface area contributed by atoms with Crippen molar-refractivity contribution in [2.24, 2.45) is 7.05 Å². The zero-order chi connectivity index (χ0) is 10.1. The van der Waals surface area contributed by atoms with Gasteiger partial charge >= 0.3 is 0 Å². The Morgan fingerprint density at radius 1 is 1.43 bits per heavy atom. The average molecular weight is 252 g/mol. The van der Waals surface area contributed by atoms with E-state index in [0.717, 1.165) is 21.5 Å². The van der Waals surface area contributed by atoms with Gasteiger partial charge in [0.25, 0.3) is 0 Å². The van der Waals surface area contributed by atoms with Crippen LogP contribution >= 0.6 is 15.9 Å². The molecule has 0 unspecified atom stereocenters. The molecule has 72 valence electrons. The van der Waals surface area contributed by atoms with Crippen LogP contribution in [0.2, 0.25) is 0 Å². The van der Waals surface area contributed by atoms with Crippen LogP contribution in [0, 0.1) is 0 Å². The van der Waals surface area contributed by atoms with Crippen LogP contribution < -0.4 is 5.73 Å². The number of anilines is 1. The lowest BCUT2D eigenvalue weighted by Crippen LogP contribution is -1.92. The van der Waals surface area contributed by atoms with Crippen molar-refractivity contribution in [3.63, 3.8) is 0 Å². The van der Waals surface area contributed by atoms with Gasteiger partial charge in [-0.3, -0.25) is 0 Å². The topological polar surface area (TPSA) is 43.8 Å². The van der Waals surface area contributed by atoms with Crippen molar-refractivity contribution in [2.45, 2.75) is 0 Å². The highest BCUT2D eigenvalue weighted by Gasteiger charge is 2.04. The molecular formula is C10H10BrN3. The van der Waals surface area contributed by atoms with Crippen molar-refractivity contribution in [3.05, 3.63) is 35.1 Å². The summed E-state index contributed by atoms with van der Waals surface area (Å²) >= 11 is 3.39. The van der Waals surface area contributed by atoms with Crippen molar-refractivity contribution in [3.8, 4) is 11.4 Å². The summed E-state index contributed by atoms with van der Waals surface area (Å²) in [4.78, 5) is 4.26. The van der Waals surface area contributed by atoms with Gasteiger partial charge in [0.05, 0.1) is 0 Å². The van der Waals surface area contributed by atoms with Crippen molar-refractivity contribution in [1.82, 2.24) is 9.55 Å². The summed E-state index contributed by atoms with van der Waals surface area (Å²) in [5.74, 6) is 0.936. The summed E-state index contributed by atoms with van der Waals surface area (Å²) in [5.41, 5.74) is 7.50. The minimum Gasteiger partial charge on any atom is -0.398 e. The fourth-order valence-corrected chi connectivity index (χ4v) is 1.69. The molecule has 0 bridgehead atoms. The normalized spacial score (nSPS) is 10.4. The smallest absolute Gasteiger partial charge is 0.139 e. The van der Waals surface area contributed by atoms with Crippen LogP contribution in [0.5, 0.6) is 0 Å². The van der Waals surface area contributed by atoms with E-state index in [2.05, 4.69) is 20.9 Å². The largest absolute Gasteiger partial charge is 0.398 e. The van der Waals surface area contributed by atoms with Crippen molar-refractivity contribution >= 4 is 21.6 Å². The Morgan fingerprint density at radius 2 is 2.21 bits per heavy atom. The van der Waals surface area contributed by atoms with Crippen LogP contribution in [0.15, 0.2) is 35.1 Å². The highest BCUT2D eigenvalue weighted by molar-refractivity contribution is 9.10. The fourth-order valence-electron chi connectivity index (χ4n) is 1.31. The Kier molecular flexibility index (Phi) is 2.29. The summed E-state index contributed by atoms with van der Waals surface area (Å²) in [6.07, 6.45) is 3.69. The number of hydrogen-bond acceptors (Lipinski definition) is 2. The molecule has 0 aliphatic rings. The predicted octanol–water partition coefficient (Wildman–Crippen LogP) is 2.43. The van der Waals surface area contributed by atoms with E-state index in [4.69, 9.17) is 5.73 Å². The third-order valence-corrected chi connectivity index (χ3v) is 2.77. The molecule has 0 saturated carbocycles. The van der Waals surface area contributed by atoms with Crippen LogP contribution in [-0.4, -0.2) is 9.55 Å². The maximum Gasteiger partial charge on any atom is 0.139 e. The number of aromatic nitrogens is 2. The van der Waals surface area contributed by atoms with Crippen LogP contribution in [0.25, 0.3) is 11.4 Å². The average Bonchev–Trinajstić information content (AvgIpc) is 2.57. The summed E-state index contributed by atoms with van der Waals surface area (Å²) in [5, 5.41) is 0. The van der Waals surface area contributed by atoms with Gasteiger partial charge in [-0.1, -0.05) is 0 Å². The van der Waals surface area contributed by atoms with Gasteiger partial charge in [0.2, 0.25) is 0 Å². The van der Waals surface area contributed by atoms with Crippen LogP contribution in [0.4, 0.5) is 5.69 Å². The van der Waals surface area contributed by atoms with Crippen LogP contribution in [0.3, 0.4) is 0 Å². The second-order valence-corrected chi connectivity index (χ2v) is 3.95. The number of aryl methyl sites for hydroxylation is 1. The Balaban J connectivity index is 2.53. The van der Waals surface area contributed by atoms with E-state index in [9.17, 15) is 0 Å². The molecule has 1 aromatic heterocycles. The molecule has 0 saturated heterocycles. The van der Waals surface area contributed by atoms with Crippen LogP contribution in [0.1, 0.15) is 0 Å². The van der Waals surface area contributed by atoms with Gasteiger partial charge in [-0.05, 0) is 34.1 Å². The lowest BCUT2D eigenvalue weighted by molar-refractivity contribution is 0.925. The molecular weight excluding hydrogens is 242 g/mol. The fraction of sp³-hybridized carbons (Fsp3) is 0.100. The SMILES string of the molecule is Cn1ccnc1-c1ccc(N)c(Br)c1. The number of nitrogens with two attached hydrogens (primary N) is 1. The zero-order valence-corrected chi connectivity index (χ0v) is 9.32. The predicted molar refractivity (Wildman–Crippen MR) is 60.8 cm³/mol. The number of nitrogen functional groups attached to an aromatic ring is 1. The van der Waals surface area contributed by atoms with E-state index in [1.54, 1.807) is 6.20 Å². The van der Waals surface area contributed by atoms with Gasteiger partial charge in [0.15, 0.2) is 0 Å². The molecule has 2 aromatic rings. The first-order valence-corrected chi connectivity index (χ1v) is 5.00. The Bertz CT molecular complexity index is 462.